The summed E-state index contributed by atoms with van der Waals surface area (Å²) in [5.74, 6) is -0.151. The topological polar surface area (TPSA) is 41.1 Å². The lowest BCUT2D eigenvalue weighted by Gasteiger charge is -2.18. The zero-order chi connectivity index (χ0) is 14.8. The molecule has 0 fully saturated rings. The predicted molar refractivity (Wildman–Crippen MR) is 89.0 cm³/mol. The Hall–Kier alpha value is -1.36. The van der Waals surface area contributed by atoms with Gasteiger partial charge in [-0.25, -0.2) is 0 Å². The Morgan fingerprint density at radius 2 is 2.05 bits per heavy atom. The van der Waals surface area contributed by atoms with E-state index < -0.39 is 0 Å². The second kappa shape index (κ2) is 6.18. The standard InChI is InChI=1S/C16H14BrClN2O/c17-15-8-12(18)2-4-14(15)16(21)20-13-3-1-10-5-6-19-9-11(10)7-13/h1-4,7-8,19H,5-6,9H2,(H,20,21). The van der Waals surface area contributed by atoms with Gasteiger partial charge in [-0.3, -0.25) is 4.79 Å². The molecule has 0 atom stereocenters. The van der Waals surface area contributed by atoms with Gasteiger partial charge >= 0.3 is 0 Å². The molecular weight excluding hydrogens is 352 g/mol. The molecule has 2 N–H and O–H groups in total. The van der Waals surface area contributed by atoms with E-state index in [2.05, 4.69) is 32.6 Å². The number of fused-ring (bicyclic) bond motifs is 1. The highest BCUT2D eigenvalue weighted by molar-refractivity contribution is 9.10. The molecule has 1 heterocycles. The molecule has 2 aromatic carbocycles. The molecule has 1 aliphatic heterocycles. The molecule has 0 radical (unpaired) electrons. The van der Waals surface area contributed by atoms with E-state index in [0.29, 0.717) is 15.1 Å². The monoisotopic (exact) mass is 364 g/mol. The first-order chi connectivity index (χ1) is 10.1. The fraction of sp³-hybridized carbons (Fsp3) is 0.188. The van der Waals surface area contributed by atoms with Crippen LogP contribution in [0.15, 0.2) is 40.9 Å². The molecule has 0 saturated heterocycles. The van der Waals surface area contributed by atoms with E-state index in [4.69, 9.17) is 11.6 Å². The van der Waals surface area contributed by atoms with Crippen LogP contribution in [0.4, 0.5) is 5.69 Å². The highest BCUT2D eigenvalue weighted by Gasteiger charge is 2.13. The molecule has 0 aromatic heterocycles. The van der Waals surface area contributed by atoms with Crippen molar-refractivity contribution in [1.29, 1.82) is 0 Å². The largest absolute Gasteiger partial charge is 0.322 e. The van der Waals surface area contributed by atoms with E-state index in [9.17, 15) is 4.79 Å². The van der Waals surface area contributed by atoms with Crippen LogP contribution in [0.5, 0.6) is 0 Å². The normalized spacial score (nSPS) is 13.6. The molecule has 0 aliphatic carbocycles. The zero-order valence-electron chi connectivity index (χ0n) is 11.2. The van der Waals surface area contributed by atoms with Gasteiger partial charge in [0.2, 0.25) is 0 Å². The summed E-state index contributed by atoms with van der Waals surface area (Å²) in [5.41, 5.74) is 3.97. The lowest BCUT2D eigenvalue weighted by molar-refractivity contribution is 0.102. The van der Waals surface area contributed by atoms with Crippen molar-refractivity contribution >= 4 is 39.1 Å². The van der Waals surface area contributed by atoms with Gasteiger partial charge in [0.05, 0.1) is 5.56 Å². The van der Waals surface area contributed by atoms with Crippen LogP contribution in [0.2, 0.25) is 5.02 Å². The van der Waals surface area contributed by atoms with Gasteiger partial charge in [-0.1, -0.05) is 17.7 Å². The maximum absolute atomic E-state index is 12.3. The van der Waals surface area contributed by atoms with E-state index >= 15 is 0 Å². The minimum atomic E-state index is -0.151. The van der Waals surface area contributed by atoms with Crippen molar-refractivity contribution in [2.75, 3.05) is 11.9 Å². The quantitative estimate of drug-likeness (QED) is 0.844. The summed E-state index contributed by atoms with van der Waals surface area (Å²) in [6.07, 6.45) is 1.03. The summed E-state index contributed by atoms with van der Waals surface area (Å²) in [6.45, 7) is 1.86. The molecule has 1 aliphatic rings. The number of hydrogen-bond acceptors (Lipinski definition) is 2. The number of amides is 1. The average molecular weight is 366 g/mol. The van der Waals surface area contributed by atoms with Crippen molar-refractivity contribution in [3.63, 3.8) is 0 Å². The first-order valence-electron chi connectivity index (χ1n) is 6.72. The number of carbonyl (C=O) groups is 1. The Bertz CT molecular complexity index is 703. The SMILES string of the molecule is O=C(Nc1ccc2c(c1)CNCC2)c1ccc(Cl)cc1Br. The van der Waals surface area contributed by atoms with E-state index in [1.807, 2.05) is 12.1 Å². The van der Waals surface area contributed by atoms with Crippen molar-refractivity contribution in [3.8, 4) is 0 Å². The Morgan fingerprint density at radius 1 is 1.19 bits per heavy atom. The van der Waals surface area contributed by atoms with E-state index in [1.165, 1.54) is 11.1 Å². The molecule has 21 heavy (non-hydrogen) atoms. The third-order valence-electron chi connectivity index (χ3n) is 3.53. The van der Waals surface area contributed by atoms with Gasteiger partial charge in [-0.05, 0) is 70.4 Å². The number of halogens is 2. The maximum atomic E-state index is 12.3. The minimum absolute atomic E-state index is 0.151. The van der Waals surface area contributed by atoms with Crippen molar-refractivity contribution in [2.45, 2.75) is 13.0 Å². The van der Waals surface area contributed by atoms with Gasteiger partial charge in [-0.15, -0.1) is 0 Å². The van der Waals surface area contributed by atoms with Gasteiger partial charge in [0, 0.05) is 21.7 Å². The Kier molecular flexibility index (Phi) is 4.29. The highest BCUT2D eigenvalue weighted by atomic mass is 79.9. The Labute approximate surface area is 136 Å². The summed E-state index contributed by atoms with van der Waals surface area (Å²) in [7, 11) is 0. The number of carbonyl (C=O) groups excluding carboxylic acids is 1. The number of nitrogens with one attached hydrogen (secondary N) is 2. The number of rotatable bonds is 2. The average Bonchev–Trinajstić information content (AvgIpc) is 2.47. The molecule has 5 heteroatoms. The molecule has 0 bridgehead atoms. The third-order valence-corrected chi connectivity index (χ3v) is 4.42. The fourth-order valence-corrected chi connectivity index (χ4v) is 3.29. The van der Waals surface area contributed by atoms with Crippen LogP contribution in [0.1, 0.15) is 21.5 Å². The molecule has 0 saturated carbocycles. The second-order valence-corrected chi connectivity index (χ2v) is 6.28. The molecule has 108 valence electrons. The summed E-state index contributed by atoms with van der Waals surface area (Å²) in [4.78, 5) is 12.3. The number of anilines is 1. The van der Waals surface area contributed by atoms with Crippen LogP contribution in [0.25, 0.3) is 0 Å². The first kappa shape index (κ1) is 14.6. The third kappa shape index (κ3) is 3.28. The van der Waals surface area contributed by atoms with Crippen LogP contribution >= 0.6 is 27.5 Å². The lowest BCUT2D eigenvalue weighted by Crippen LogP contribution is -2.23. The molecular formula is C16H14BrClN2O. The second-order valence-electron chi connectivity index (χ2n) is 4.99. The Morgan fingerprint density at radius 3 is 2.86 bits per heavy atom. The van der Waals surface area contributed by atoms with Gasteiger partial charge in [0.1, 0.15) is 0 Å². The molecule has 3 rings (SSSR count). The predicted octanol–water partition coefficient (Wildman–Crippen LogP) is 4.00. The molecule has 2 aromatic rings. The number of benzene rings is 2. The molecule has 3 nitrogen and oxygen atoms in total. The summed E-state index contributed by atoms with van der Waals surface area (Å²) in [6, 6.07) is 11.2. The smallest absolute Gasteiger partial charge is 0.256 e. The van der Waals surface area contributed by atoms with Crippen LogP contribution in [-0.2, 0) is 13.0 Å². The van der Waals surface area contributed by atoms with Crippen molar-refractivity contribution in [1.82, 2.24) is 5.32 Å². The van der Waals surface area contributed by atoms with Crippen molar-refractivity contribution < 1.29 is 4.79 Å². The van der Waals surface area contributed by atoms with E-state index in [1.54, 1.807) is 18.2 Å². The Balaban J connectivity index is 1.81. The fourth-order valence-electron chi connectivity index (χ4n) is 2.43. The van der Waals surface area contributed by atoms with E-state index in [0.717, 1.165) is 25.2 Å². The van der Waals surface area contributed by atoms with E-state index in [-0.39, 0.29) is 5.91 Å². The van der Waals surface area contributed by atoms with Gasteiger partial charge in [0.25, 0.3) is 5.91 Å². The van der Waals surface area contributed by atoms with Crippen molar-refractivity contribution in [2.24, 2.45) is 0 Å². The number of hydrogen-bond donors (Lipinski definition) is 2. The zero-order valence-corrected chi connectivity index (χ0v) is 13.6. The molecule has 0 spiro atoms. The van der Waals surface area contributed by atoms with Gasteiger partial charge in [0.15, 0.2) is 0 Å². The summed E-state index contributed by atoms with van der Waals surface area (Å²) < 4.78 is 0.687. The van der Waals surface area contributed by atoms with Crippen molar-refractivity contribution in [3.05, 3.63) is 62.6 Å². The van der Waals surface area contributed by atoms with Crippen LogP contribution in [0, 0.1) is 0 Å². The lowest BCUT2D eigenvalue weighted by atomic mass is 10.0. The summed E-state index contributed by atoms with van der Waals surface area (Å²) in [5, 5.41) is 6.86. The van der Waals surface area contributed by atoms with Crippen LogP contribution in [0.3, 0.4) is 0 Å². The van der Waals surface area contributed by atoms with Crippen LogP contribution in [-0.4, -0.2) is 12.5 Å². The molecule has 0 unspecified atom stereocenters. The van der Waals surface area contributed by atoms with Crippen LogP contribution < -0.4 is 10.6 Å². The highest BCUT2D eigenvalue weighted by Crippen LogP contribution is 2.24. The summed E-state index contributed by atoms with van der Waals surface area (Å²) >= 11 is 9.26. The maximum Gasteiger partial charge on any atom is 0.256 e. The minimum Gasteiger partial charge on any atom is -0.322 e. The molecule has 1 amide bonds. The first-order valence-corrected chi connectivity index (χ1v) is 7.89. The van der Waals surface area contributed by atoms with Gasteiger partial charge in [-0.2, -0.15) is 0 Å². The van der Waals surface area contributed by atoms with Gasteiger partial charge < -0.3 is 10.6 Å².